The van der Waals surface area contributed by atoms with Crippen LogP contribution in [0, 0.1) is 5.92 Å². The lowest BCUT2D eigenvalue weighted by Crippen LogP contribution is -2.20. The van der Waals surface area contributed by atoms with Gasteiger partial charge >= 0.3 is 5.97 Å². The zero-order valence-electron chi connectivity index (χ0n) is 8.91. The highest BCUT2D eigenvalue weighted by Gasteiger charge is 2.42. The van der Waals surface area contributed by atoms with Gasteiger partial charge in [-0.15, -0.1) is 0 Å². The van der Waals surface area contributed by atoms with E-state index in [0.29, 0.717) is 5.56 Å². The molecule has 0 bridgehead atoms. The van der Waals surface area contributed by atoms with Crippen molar-refractivity contribution < 1.29 is 23.4 Å². The molecule has 0 amide bonds. The first kappa shape index (κ1) is 11.9. The maximum Gasteiger partial charge on any atom is 0.308 e. The van der Waals surface area contributed by atoms with E-state index in [1.54, 1.807) is 12.1 Å². The molecule has 17 heavy (non-hydrogen) atoms. The quantitative estimate of drug-likeness (QED) is 0.808. The van der Waals surface area contributed by atoms with E-state index < -0.39 is 27.6 Å². The molecule has 0 radical (unpaired) electrons. The van der Waals surface area contributed by atoms with E-state index in [-0.39, 0.29) is 17.3 Å². The molecule has 1 aliphatic rings. The van der Waals surface area contributed by atoms with Gasteiger partial charge in [0.2, 0.25) is 0 Å². The van der Waals surface area contributed by atoms with Gasteiger partial charge in [-0.05, 0) is 17.7 Å². The summed E-state index contributed by atoms with van der Waals surface area (Å²) in [6.45, 7) is 0. The SMILES string of the molecule is O=C(O)C1CS(=O)(=O)CC1c1ccc(O)cc1. The van der Waals surface area contributed by atoms with Crippen molar-refractivity contribution in [3.63, 3.8) is 0 Å². The van der Waals surface area contributed by atoms with E-state index in [9.17, 15) is 13.2 Å². The molecule has 1 aliphatic heterocycles. The Bertz CT molecular complexity index is 531. The van der Waals surface area contributed by atoms with Crippen LogP contribution in [0.4, 0.5) is 0 Å². The summed E-state index contributed by atoms with van der Waals surface area (Å²) in [5, 5.41) is 18.2. The number of phenols is 1. The minimum Gasteiger partial charge on any atom is -0.508 e. The summed E-state index contributed by atoms with van der Waals surface area (Å²) in [5.74, 6) is -2.91. The van der Waals surface area contributed by atoms with Crippen LogP contribution in [0.1, 0.15) is 11.5 Å². The number of rotatable bonds is 2. The van der Waals surface area contributed by atoms with E-state index in [1.165, 1.54) is 12.1 Å². The van der Waals surface area contributed by atoms with Crippen molar-refractivity contribution in [1.82, 2.24) is 0 Å². The number of aromatic hydroxyl groups is 1. The van der Waals surface area contributed by atoms with Crippen LogP contribution < -0.4 is 0 Å². The number of phenolic OH excluding ortho intramolecular Hbond substituents is 1. The van der Waals surface area contributed by atoms with Gasteiger partial charge in [-0.25, -0.2) is 8.42 Å². The number of benzene rings is 1. The van der Waals surface area contributed by atoms with Crippen molar-refractivity contribution in [3.05, 3.63) is 29.8 Å². The smallest absolute Gasteiger partial charge is 0.308 e. The van der Waals surface area contributed by atoms with Crippen molar-refractivity contribution in [3.8, 4) is 5.75 Å². The van der Waals surface area contributed by atoms with Crippen molar-refractivity contribution in [2.24, 2.45) is 5.92 Å². The molecule has 0 spiro atoms. The molecule has 92 valence electrons. The normalized spacial score (nSPS) is 26.8. The molecule has 1 aromatic rings. The summed E-state index contributed by atoms with van der Waals surface area (Å²) in [6.07, 6.45) is 0. The van der Waals surface area contributed by atoms with Crippen molar-refractivity contribution in [2.45, 2.75) is 5.92 Å². The zero-order chi connectivity index (χ0) is 12.6. The Morgan fingerprint density at radius 1 is 1.18 bits per heavy atom. The standard InChI is InChI=1S/C11H12O5S/c12-8-3-1-7(2-4-8)9-5-17(15,16)6-10(9)11(13)14/h1-4,9-10,12H,5-6H2,(H,13,14). The number of sulfone groups is 1. The second kappa shape index (κ2) is 4.03. The van der Waals surface area contributed by atoms with Gasteiger partial charge in [0.05, 0.1) is 17.4 Å². The molecule has 2 unspecified atom stereocenters. The molecule has 0 saturated carbocycles. The van der Waals surface area contributed by atoms with Gasteiger partial charge < -0.3 is 10.2 Å². The average Bonchev–Trinajstić information content (AvgIpc) is 2.56. The second-order valence-corrected chi connectivity index (χ2v) is 6.37. The van der Waals surface area contributed by atoms with Crippen molar-refractivity contribution in [1.29, 1.82) is 0 Å². The Hall–Kier alpha value is -1.56. The third-order valence-corrected chi connectivity index (χ3v) is 4.73. The topological polar surface area (TPSA) is 91.7 Å². The first-order valence-electron chi connectivity index (χ1n) is 5.11. The summed E-state index contributed by atoms with van der Waals surface area (Å²) >= 11 is 0. The number of carbonyl (C=O) groups is 1. The van der Waals surface area contributed by atoms with E-state index in [0.717, 1.165) is 0 Å². The van der Waals surface area contributed by atoms with E-state index in [2.05, 4.69) is 0 Å². The number of hydrogen-bond acceptors (Lipinski definition) is 4. The molecule has 2 N–H and O–H groups in total. The highest BCUT2D eigenvalue weighted by atomic mass is 32.2. The molecule has 2 atom stereocenters. The van der Waals surface area contributed by atoms with Gasteiger partial charge in [-0.1, -0.05) is 12.1 Å². The first-order chi connectivity index (χ1) is 7.89. The lowest BCUT2D eigenvalue weighted by molar-refractivity contribution is -0.141. The zero-order valence-corrected chi connectivity index (χ0v) is 9.72. The fourth-order valence-corrected chi connectivity index (χ4v) is 4.17. The lowest BCUT2D eigenvalue weighted by Gasteiger charge is -2.14. The molecular formula is C11H12O5S. The number of carboxylic acid groups (broad SMARTS) is 1. The summed E-state index contributed by atoms with van der Waals surface area (Å²) in [4.78, 5) is 11.0. The van der Waals surface area contributed by atoms with Crippen LogP contribution in [-0.4, -0.2) is 36.1 Å². The minimum atomic E-state index is -3.29. The highest BCUT2D eigenvalue weighted by molar-refractivity contribution is 7.91. The maximum atomic E-state index is 11.5. The van der Waals surface area contributed by atoms with E-state index in [4.69, 9.17) is 10.2 Å². The van der Waals surface area contributed by atoms with Crippen LogP contribution in [-0.2, 0) is 14.6 Å². The monoisotopic (exact) mass is 256 g/mol. The molecule has 1 aromatic carbocycles. The van der Waals surface area contributed by atoms with Crippen LogP contribution in [0.2, 0.25) is 0 Å². The van der Waals surface area contributed by atoms with Gasteiger partial charge in [-0.3, -0.25) is 4.79 Å². The molecule has 6 heteroatoms. The Kier molecular flexibility index (Phi) is 2.82. The third-order valence-electron chi connectivity index (χ3n) is 2.99. The predicted octanol–water partition coefficient (Wildman–Crippen LogP) is 0.605. The Morgan fingerprint density at radius 2 is 1.76 bits per heavy atom. The molecule has 0 aliphatic carbocycles. The van der Waals surface area contributed by atoms with Crippen LogP contribution >= 0.6 is 0 Å². The Labute approximate surface area is 98.6 Å². The molecule has 1 saturated heterocycles. The second-order valence-electron chi connectivity index (χ2n) is 4.22. The molecular weight excluding hydrogens is 244 g/mol. The van der Waals surface area contributed by atoms with Crippen molar-refractivity contribution in [2.75, 3.05) is 11.5 Å². The predicted molar refractivity (Wildman–Crippen MR) is 60.6 cm³/mol. The van der Waals surface area contributed by atoms with Gasteiger partial charge in [-0.2, -0.15) is 0 Å². The Balaban J connectivity index is 2.36. The Morgan fingerprint density at radius 3 is 2.29 bits per heavy atom. The van der Waals surface area contributed by atoms with Crippen LogP contribution in [0.15, 0.2) is 24.3 Å². The molecule has 2 rings (SSSR count). The average molecular weight is 256 g/mol. The first-order valence-corrected chi connectivity index (χ1v) is 6.93. The van der Waals surface area contributed by atoms with Gasteiger partial charge in [0.1, 0.15) is 5.75 Å². The molecule has 5 nitrogen and oxygen atoms in total. The third kappa shape index (κ3) is 2.41. The largest absolute Gasteiger partial charge is 0.508 e. The fourth-order valence-electron chi connectivity index (χ4n) is 2.14. The molecule has 1 fully saturated rings. The minimum absolute atomic E-state index is 0.0708. The number of carboxylic acids is 1. The van der Waals surface area contributed by atoms with Crippen LogP contribution in [0.5, 0.6) is 5.75 Å². The van der Waals surface area contributed by atoms with Gasteiger partial charge in [0.15, 0.2) is 9.84 Å². The number of hydrogen-bond donors (Lipinski definition) is 2. The van der Waals surface area contributed by atoms with E-state index in [1.807, 2.05) is 0 Å². The summed E-state index contributed by atoms with van der Waals surface area (Å²) < 4.78 is 23.0. The van der Waals surface area contributed by atoms with Crippen LogP contribution in [0.3, 0.4) is 0 Å². The van der Waals surface area contributed by atoms with Gasteiger partial charge in [0, 0.05) is 5.92 Å². The maximum absolute atomic E-state index is 11.5. The summed E-state index contributed by atoms with van der Waals surface area (Å²) in [7, 11) is -3.29. The molecule has 1 heterocycles. The molecule has 0 aromatic heterocycles. The van der Waals surface area contributed by atoms with Crippen molar-refractivity contribution >= 4 is 15.8 Å². The lowest BCUT2D eigenvalue weighted by atomic mass is 9.89. The number of aliphatic carboxylic acids is 1. The summed E-state index contributed by atoms with van der Waals surface area (Å²) in [6, 6.07) is 5.99. The highest BCUT2D eigenvalue weighted by Crippen LogP contribution is 2.35. The van der Waals surface area contributed by atoms with Gasteiger partial charge in [0.25, 0.3) is 0 Å². The fraction of sp³-hybridized carbons (Fsp3) is 0.364. The van der Waals surface area contributed by atoms with E-state index >= 15 is 0 Å². The summed E-state index contributed by atoms with van der Waals surface area (Å²) in [5.41, 5.74) is 0.635. The van der Waals surface area contributed by atoms with Crippen LogP contribution in [0.25, 0.3) is 0 Å².